The first kappa shape index (κ1) is 6.20. The Morgan fingerprint density at radius 2 is 2.22 bits per heavy atom. The topological polar surface area (TPSA) is 24.7 Å². The third-order valence-corrected chi connectivity index (χ3v) is 1.39. The van der Waals surface area contributed by atoms with E-state index < -0.39 is 0 Å². The van der Waals surface area contributed by atoms with Crippen molar-refractivity contribution >= 4 is 11.9 Å². The van der Waals surface area contributed by atoms with Gasteiger partial charge < -0.3 is 0 Å². The molecule has 0 N–H and O–H groups in total. The molecule has 0 amide bonds. The van der Waals surface area contributed by atoms with Crippen LogP contribution in [-0.4, -0.2) is 11.9 Å². The molecule has 9 heavy (non-hydrogen) atoms. The first-order chi connectivity index (χ1) is 4.30. The lowest BCUT2D eigenvalue weighted by molar-refractivity contribution is 1.24. The van der Waals surface area contributed by atoms with Gasteiger partial charge in [0.25, 0.3) is 0 Å². The summed E-state index contributed by atoms with van der Waals surface area (Å²) < 4.78 is 0. The van der Waals surface area contributed by atoms with Gasteiger partial charge in [0.05, 0.1) is 5.71 Å². The largest absolute Gasteiger partial charge is 0.163 e. The van der Waals surface area contributed by atoms with Gasteiger partial charge in [-0.1, -0.05) is 6.08 Å². The van der Waals surface area contributed by atoms with Gasteiger partial charge >= 0.3 is 0 Å². The van der Waals surface area contributed by atoms with E-state index in [0.29, 0.717) is 0 Å². The van der Waals surface area contributed by atoms with E-state index in [1.165, 1.54) is 5.57 Å². The van der Waals surface area contributed by atoms with Gasteiger partial charge in [0.2, 0.25) is 0 Å². The molecule has 1 aliphatic heterocycles. The minimum absolute atomic E-state index is 0.909. The Labute approximate surface area is 55.0 Å². The average Bonchev–Trinajstić information content (AvgIpc) is 1.99. The van der Waals surface area contributed by atoms with Crippen LogP contribution in [-0.2, 0) is 0 Å². The monoisotopic (exact) mass is 122 g/mol. The van der Waals surface area contributed by atoms with Gasteiger partial charge in [-0.2, -0.15) is 10.2 Å². The molecule has 0 unspecified atom stereocenters. The zero-order valence-electron chi connectivity index (χ0n) is 5.76. The van der Waals surface area contributed by atoms with E-state index in [9.17, 15) is 0 Å². The molecule has 1 rings (SSSR count). The number of nitrogens with zero attached hydrogens (tertiary/aromatic N) is 2. The number of rotatable bonds is 0. The highest BCUT2D eigenvalue weighted by atomic mass is 15.2. The maximum atomic E-state index is 3.92. The Balaban J connectivity index is 2.85. The Morgan fingerprint density at radius 1 is 1.44 bits per heavy atom. The molecule has 2 heteroatoms. The SMILES string of the molecule is CC1=CCC=NN=C1C. The third-order valence-electron chi connectivity index (χ3n) is 1.39. The zero-order chi connectivity index (χ0) is 6.69. The van der Waals surface area contributed by atoms with Crippen molar-refractivity contribution in [2.45, 2.75) is 20.3 Å². The van der Waals surface area contributed by atoms with E-state index in [4.69, 9.17) is 0 Å². The van der Waals surface area contributed by atoms with Crippen molar-refractivity contribution in [3.05, 3.63) is 11.6 Å². The van der Waals surface area contributed by atoms with E-state index in [1.54, 1.807) is 6.21 Å². The van der Waals surface area contributed by atoms with Crippen LogP contribution in [0, 0.1) is 0 Å². The summed E-state index contributed by atoms with van der Waals surface area (Å²) in [6.45, 7) is 4.02. The smallest absolute Gasteiger partial charge is 0.0625 e. The Hall–Kier alpha value is -0.920. The van der Waals surface area contributed by atoms with Gasteiger partial charge in [0, 0.05) is 12.6 Å². The second-order valence-corrected chi connectivity index (χ2v) is 2.11. The standard InChI is InChI=1S/C7H10N2/c1-6-4-3-5-8-9-7(6)2/h4-5H,3H2,1-2H3. The lowest BCUT2D eigenvalue weighted by Gasteiger charge is -1.91. The molecular formula is C7H10N2. The lowest BCUT2D eigenvalue weighted by atomic mass is 10.2. The van der Waals surface area contributed by atoms with Crippen LogP contribution in [0.3, 0.4) is 0 Å². The second-order valence-electron chi connectivity index (χ2n) is 2.11. The molecule has 48 valence electrons. The Kier molecular flexibility index (Phi) is 1.78. The van der Waals surface area contributed by atoms with E-state index in [-0.39, 0.29) is 0 Å². The number of hydrogen-bond donors (Lipinski definition) is 0. The van der Waals surface area contributed by atoms with Crippen molar-refractivity contribution in [2.75, 3.05) is 0 Å². The quantitative estimate of drug-likeness (QED) is 0.468. The van der Waals surface area contributed by atoms with Gasteiger partial charge in [-0.05, 0) is 19.4 Å². The summed E-state index contributed by atoms with van der Waals surface area (Å²) in [4.78, 5) is 0. The van der Waals surface area contributed by atoms with Crippen molar-refractivity contribution in [3.8, 4) is 0 Å². The number of hydrogen-bond acceptors (Lipinski definition) is 2. The van der Waals surface area contributed by atoms with Crippen molar-refractivity contribution in [2.24, 2.45) is 10.2 Å². The van der Waals surface area contributed by atoms with Gasteiger partial charge in [-0.25, -0.2) is 0 Å². The minimum atomic E-state index is 0.909. The Bertz CT molecular complexity index is 187. The van der Waals surface area contributed by atoms with Crippen LogP contribution >= 0.6 is 0 Å². The Morgan fingerprint density at radius 3 is 3.00 bits per heavy atom. The van der Waals surface area contributed by atoms with Crippen LogP contribution in [0.4, 0.5) is 0 Å². The summed E-state index contributed by atoms with van der Waals surface area (Å²) in [6.07, 6.45) is 4.84. The fourth-order valence-electron chi connectivity index (χ4n) is 0.631. The van der Waals surface area contributed by atoms with E-state index in [1.807, 2.05) is 13.8 Å². The molecule has 0 aliphatic carbocycles. The van der Waals surface area contributed by atoms with Crippen molar-refractivity contribution in [1.82, 2.24) is 0 Å². The molecule has 0 aromatic heterocycles. The molecule has 2 nitrogen and oxygen atoms in total. The van der Waals surface area contributed by atoms with Crippen LogP contribution in [0.5, 0.6) is 0 Å². The molecule has 0 radical (unpaired) electrons. The van der Waals surface area contributed by atoms with Gasteiger partial charge in [-0.15, -0.1) is 0 Å². The zero-order valence-corrected chi connectivity index (χ0v) is 5.76. The highest BCUT2D eigenvalue weighted by molar-refractivity contribution is 5.98. The summed E-state index contributed by atoms with van der Waals surface area (Å²) in [6, 6.07) is 0. The average molecular weight is 122 g/mol. The molecule has 0 fully saturated rings. The predicted octanol–water partition coefficient (Wildman–Crippen LogP) is 1.78. The molecule has 0 aromatic carbocycles. The molecular weight excluding hydrogens is 112 g/mol. The molecule has 1 heterocycles. The van der Waals surface area contributed by atoms with Crippen molar-refractivity contribution in [1.29, 1.82) is 0 Å². The van der Waals surface area contributed by atoms with Crippen LogP contribution in [0.25, 0.3) is 0 Å². The summed E-state index contributed by atoms with van der Waals surface area (Å²) >= 11 is 0. The van der Waals surface area contributed by atoms with Crippen molar-refractivity contribution < 1.29 is 0 Å². The molecule has 0 saturated heterocycles. The normalized spacial score (nSPS) is 18.4. The van der Waals surface area contributed by atoms with Gasteiger partial charge in [0.1, 0.15) is 0 Å². The molecule has 1 aliphatic rings. The van der Waals surface area contributed by atoms with Crippen LogP contribution in [0.2, 0.25) is 0 Å². The maximum Gasteiger partial charge on any atom is 0.0625 e. The highest BCUT2D eigenvalue weighted by Gasteiger charge is 1.94. The van der Waals surface area contributed by atoms with Crippen molar-refractivity contribution in [3.63, 3.8) is 0 Å². The van der Waals surface area contributed by atoms with E-state index >= 15 is 0 Å². The lowest BCUT2D eigenvalue weighted by Crippen LogP contribution is -1.89. The second kappa shape index (κ2) is 2.58. The molecule has 0 spiro atoms. The van der Waals surface area contributed by atoms with Crippen LogP contribution in [0.1, 0.15) is 20.3 Å². The molecule has 0 bridgehead atoms. The van der Waals surface area contributed by atoms with Crippen LogP contribution < -0.4 is 0 Å². The van der Waals surface area contributed by atoms with Gasteiger partial charge in [-0.3, -0.25) is 0 Å². The predicted molar refractivity (Wildman–Crippen MR) is 40.0 cm³/mol. The first-order valence-corrected chi connectivity index (χ1v) is 3.04. The summed E-state index contributed by atoms with van der Waals surface area (Å²) in [5, 5.41) is 7.74. The minimum Gasteiger partial charge on any atom is -0.163 e. The molecule has 0 atom stereocenters. The fourth-order valence-corrected chi connectivity index (χ4v) is 0.631. The third kappa shape index (κ3) is 1.49. The summed E-state index contributed by atoms with van der Waals surface area (Å²) in [7, 11) is 0. The summed E-state index contributed by atoms with van der Waals surface area (Å²) in [5.74, 6) is 0. The summed E-state index contributed by atoms with van der Waals surface area (Å²) in [5.41, 5.74) is 2.25. The molecule has 0 saturated carbocycles. The maximum absolute atomic E-state index is 3.92. The number of allylic oxidation sites excluding steroid dienone is 2. The van der Waals surface area contributed by atoms with Gasteiger partial charge in [0.15, 0.2) is 0 Å². The fraction of sp³-hybridized carbons (Fsp3) is 0.429. The molecule has 0 aromatic rings. The highest BCUT2D eigenvalue weighted by Crippen LogP contribution is 2.01. The van der Waals surface area contributed by atoms with E-state index in [2.05, 4.69) is 16.3 Å². The first-order valence-electron chi connectivity index (χ1n) is 3.04. The van der Waals surface area contributed by atoms with E-state index in [0.717, 1.165) is 12.1 Å². The van der Waals surface area contributed by atoms with Crippen LogP contribution in [0.15, 0.2) is 21.9 Å².